The van der Waals surface area contributed by atoms with Crippen molar-refractivity contribution in [3.63, 3.8) is 0 Å². The molecule has 0 atom stereocenters. The van der Waals surface area contributed by atoms with Crippen LogP contribution in [-0.4, -0.2) is 16.1 Å². The molecule has 3 nitrogen and oxygen atoms in total. The Kier molecular flexibility index (Phi) is 2.45. The molecule has 1 rings (SSSR count). The molecule has 56 valence electrons. The van der Waals surface area contributed by atoms with Gasteiger partial charge in [0.2, 0.25) is 0 Å². The number of hydrogen-bond donors (Lipinski definition) is 1. The highest BCUT2D eigenvalue weighted by atomic mass is 15.0. The largest absolute Gasteiger partial charge is 0.338 e. The smallest absolute Gasteiger partial charge is 0.0945 e. The van der Waals surface area contributed by atoms with Crippen molar-refractivity contribution in [3.05, 3.63) is 18.2 Å². The van der Waals surface area contributed by atoms with Gasteiger partial charge in [0.15, 0.2) is 0 Å². The second kappa shape index (κ2) is 3.37. The molecule has 0 aliphatic carbocycles. The first-order valence-corrected chi connectivity index (χ1v) is 3.50. The highest BCUT2D eigenvalue weighted by Gasteiger charge is 1.95. The van der Waals surface area contributed by atoms with Gasteiger partial charge in [-0.25, -0.2) is 4.98 Å². The summed E-state index contributed by atoms with van der Waals surface area (Å²) in [6, 6.07) is 0. The van der Waals surface area contributed by atoms with Crippen molar-refractivity contribution in [3.8, 4) is 0 Å². The van der Waals surface area contributed by atoms with Crippen LogP contribution in [0.1, 0.15) is 12.1 Å². The molecule has 0 bridgehead atoms. The number of aromatic nitrogens is 2. The Morgan fingerprint density at radius 3 is 3.00 bits per heavy atom. The van der Waals surface area contributed by atoms with Gasteiger partial charge < -0.3 is 10.3 Å². The molecule has 0 saturated carbocycles. The fraction of sp³-hybridized carbons (Fsp3) is 0.571. The third kappa shape index (κ3) is 1.57. The Bertz CT molecular complexity index is 192. The molecule has 0 fully saturated rings. The molecule has 10 heavy (non-hydrogen) atoms. The van der Waals surface area contributed by atoms with E-state index in [1.165, 1.54) is 5.69 Å². The molecular weight excluding hydrogens is 126 g/mol. The van der Waals surface area contributed by atoms with Crippen molar-refractivity contribution in [1.82, 2.24) is 9.55 Å². The Morgan fingerprint density at radius 2 is 2.50 bits per heavy atom. The van der Waals surface area contributed by atoms with Gasteiger partial charge in [0, 0.05) is 18.9 Å². The van der Waals surface area contributed by atoms with Gasteiger partial charge in [-0.3, -0.25) is 0 Å². The minimum atomic E-state index is 0.755. The van der Waals surface area contributed by atoms with Gasteiger partial charge in [0.05, 0.1) is 6.33 Å². The van der Waals surface area contributed by atoms with Crippen LogP contribution in [0.5, 0.6) is 0 Å². The van der Waals surface area contributed by atoms with Gasteiger partial charge >= 0.3 is 0 Å². The molecule has 0 aromatic carbocycles. The zero-order valence-electron chi connectivity index (χ0n) is 6.25. The first-order valence-electron chi connectivity index (χ1n) is 3.50. The summed E-state index contributed by atoms with van der Waals surface area (Å²) in [5, 5.41) is 0. The molecule has 3 heteroatoms. The Hall–Kier alpha value is -0.830. The normalized spacial score (nSPS) is 10.2. The van der Waals surface area contributed by atoms with Crippen LogP contribution in [0, 0.1) is 0 Å². The molecule has 2 N–H and O–H groups in total. The lowest BCUT2D eigenvalue weighted by molar-refractivity contribution is 0.754. The van der Waals surface area contributed by atoms with Gasteiger partial charge in [-0.2, -0.15) is 0 Å². The summed E-state index contributed by atoms with van der Waals surface area (Å²) in [5.74, 6) is 0. The number of rotatable bonds is 3. The minimum Gasteiger partial charge on any atom is -0.338 e. The standard InChI is InChI=1S/C7H13N3/c1-10-6-9-5-7(10)3-2-4-8/h5-6H,2-4,8H2,1H3. The van der Waals surface area contributed by atoms with Crippen LogP contribution in [0.15, 0.2) is 12.5 Å². The summed E-state index contributed by atoms with van der Waals surface area (Å²) in [6.07, 6.45) is 5.77. The first-order chi connectivity index (χ1) is 4.84. The van der Waals surface area contributed by atoms with Crippen LogP contribution in [-0.2, 0) is 13.5 Å². The van der Waals surface area contributed by atoms with Crippen LogP contribution in [0.3, 0.4) is 0 Å². The summed E-state index contributed by atoms with van der Waals surface area (Å²) in [5.41, 5.74) is 6.62. The van der Waals surface area contributed by atoms with Gasteiger partial charge in [0.1, 0.15) is 0 Å². The minimum absolute atomic E-state index is 0.755. The van der Waals surface area contributed by atoms with Gasteiger partial charge in [-0.05, 0) is 19.4 Å². The highest BCUT2D eigenvalue weighted by Crippen LogP contribution is 1.98. The zero-order chi connectivity index (χ0) is 7.40. The van der Waals surface area contributed by atoms with Crippen molar-refractivity contribution in [1.29, 1.82) is 0 Å². The maximum absolute atomic E-state index is 5.37. The van der Waals surface area contributed by atoms with Crippen molar-refractivity contribution in [2.45, 2.75) is 12.8 Å². The van der Waals surface area contributed by atoms with Gasteiger partial charge in [-0.15, -0.1) is 0 Å². The fourth-order valence-electron chi connectivity index (χ4n) is 0.909. The van der Waals surface area contributed by atoms with Crippen LogP contribution in [0.2, 0.25) is 0 Å². The van der Waals surface area contributed by atoms with Crippen LogP contribution in [0.4, 0.5) is 0 Å². The van der Waals surface area contributed by atoms with E-state index in [0.717, 1.165) is 19.4 Å². The Morgan fingerprint density at radius 1 is 1.70 bits per heavy atom. The van der Waals surface area contributed by atoms with Gasteiger partial charge in [-0.1, -0.05) is 0 Å². The SMILES string of the molecule is Cn1cncc1CCCN. The van der Waals surface area contributed by atoms with E-state index in [0.29, 0.717) is 0 Å². The lowest BCUT2D eigenvalue weighted by Crippen LogP contribution is -2.02. The lowest BCUT2D eigenvalue weighted by Gasteiger charge is -1.98. The summed E-state index contributed by atoms with van der Waals surface area (Å²) in [7, 11) is 2.00. The quantitative estimate of drug-likeness (QED) is 0.655. The molecule has 0 radical (unpaired) electrons. The average molecular weight is 139 g/mol. The lowest BCUT2D eigenvalue weighted by atomic mass is 10.2. The summed E-state index contributed by atoms with van der Waals surface area (Å²) < 4.78 is 2.02. The summed E-state index contributed by atoms with van der Waals surface area (Å²) in [4.78, 5) is 4.00. The first kappa shape index (κ1) is 7.28. The second-order valence-corrected chi connectivity index (χ2v) is 2.39. The predicted octanol–water partition coefficient (Wildman–Crippen LogP) is 0.311. The van der Waals surface area contributed by atoms with E-state index in [-0.39, 0.29) is 0 Å². The van der Waals surface area contributed by atoms with E-state index in [1.807, 2.05) is 24.1 Å². The average Bonchev–Trinajstić information content (AvgIpc) is 2.31. The predicted molar refractivity (Wildman–Crippen MR) is 40.6 cm³/mol. The maximum atomic E-state index is 5.37. The molecule has 1 heterocycles. The van der Waals surface area contributed by atoms with E-state index >= 15 is 0 Å². The van der Waals surface area contributed by atoms with E-state index in [4.69, 9.17) is 5.73 Å². The van der Waals surface area contributed by atoms with Crippen molar-refractivity contribution in [2.24, 2.45) is 12.8 Å². The van der Waals surface area contributed by atoms with Crippen LogP contribution in [0.25, 0.3) is 0 Å². The molecular formula is C7H13N3. The highest BCUT2D eigenvalue weighted by molar-refractivity contribution is 4.97. The fourth-order valence-corrected chi connectivity index (χ4v) is 0.909. The third-order valence-electron chi connectivity index (χ3n) is 1.55. The molecule has 0 saturated heterocycles. The van der Waals surface area contributed by atoms with Crippen molar-refractivity contribution in [2.75, 3.05) is 6.54 Å². The molecule has 0 aliphatic heterocycles. The van der Waals surface area contributed by atoms with E-state index in [2.05, 4.69) is 4.98 Å². The number of aryl methyl sites for hydroxylation is 2. The Balaban J connectivity index is 2.49. The topological polar surface area (TPSA) is 43.8 Å². The zero-order valence-corrected chi connectivity index (χ0v) is 6.25. The molecule has 0 spiro atoms. The van der Waals surface area contributed by atoms with E-state index < -0.39 is 0 Å². The number of nitrogens with zero attached hydrogens (tertiary/aromatic N) is 2. The summed E-state index contributed by atoms with van der Waals surface area (Å²) >= 11 is 0. The van der Waals surface area contributed by atoms with Gasteiger partial charge in [0.25, 0.3) is 0 Å². The van der Waals surface area contributed by atoms with Crippen LogP contribution < -0.4 is 5.73 Å². The molecule has 0 aliphatic rings. The van der Waals surface area contributed by atoms with Crippen molar-refractivity contribution >= 4 is 0 Å². The van der Waals surface area contributed by atoms with E-state index in [9.17, 15) is 0 Å². The Labute approximate surface area is 60.9 Å². The maximum Gasteiger partial charge on any atom is 0.0945 e. The van der Waals surface area contributed by atoms with E-state index in [1.54, 1.807) is 0 Å². The number of hydrogen-bond acceptors (Lipinski definition) is 2. The molecule has 1 aromatic rings. The molecule has 0 unspecified atom stereocenters. The second-order valence-electron chi connectivity index (χ2n) is 2.39. The van der Waals surface area contributed by atoms with Crippen LogP contribution >= 0.6 is 0 Å². The van der Waals surface area contributed by atoms with Crippen molar-refractivity contribution < 1.29 is 0 Å². The third-order valence-corrected chi connectivity index (χ3v) is 1.55. The summed E-state index contributed by atoms with van der Waals surface area (Å²) in [6.45, 7) is 0.755. The molecule has 1 aromatic heterocycles. The number of imidazole rings is 1. The monoisotopic (exact) mass is 139 g/mol. The molecule has 0 amide bonds. The number of nitrogens with two attached hydrogens (primary N) is 1.